The minimum atomic E-state index is -0.0831. The quantitative estimate of drug-likeness (QED) is 0.879. The topological polar surface area (TPSA) is 35.2 Å². The maximum Gasteiger partial charge on any atom is 0.156 e. The molecule has 0 heterocycles. The maximum atomic E-state index is 6.05. The Morgan fingerprint density at radius 3 is 2.27 bits per heavy atom. The standard InChI is InChI=1S/C11H15Cl2NO/c1-3-4-15-11-9(12)5-8(7(2)14)6-10(11)13/h5-7H,3-4,14H2,1-2H3. The van der Waals surface area contributed by atoms with Crippen LogP contribution in [-0.4, -0.2) is 6.61 Å². The molecule has 15 heavy (non-hydrogen) atoms. The summed E-state index contributed by atoms with van der Waals surface area (Å²) >= 11 is 12.1. The van der Waals surface area contributed by atoms with Crippen molar-refractivity contribution < 1.29 is 4.74 Å². The first-order valence-electron chi connectivity index (χ1n) is 4.93. The Bertz CT molecular complexity index is 316. The lowest BCUT2D eigenvalue weighted by Gasteiger charge is -2.12. The van der Waals surface area contributed by atoms with Crippen molar-refractivity contribution in [3.05, 3.63) is 27.7 Å². The summed E-state index contributed by atoms with van der Waals surface area (Å²) in [5.41, 5.74) is 6.65. The molecule has 0 spiro atoms. The van der Waals surface area contributed by atoms with E-state index >= 15 is 0 Å². The number of hydrogen-bond donors (Lipinski definition) is 1. The van der Waals surface area contributed by atoms with Gasteiger partial charge in [0.2, 0.25) is 0 Å². The Morgan fingerprint density at radius 2 is 1.87 bits per heavy atom. The van der Waals surface area contributed by atoms with Crippen LogP contribution in [-0.2, 0) is 0 Å². The third-order valence-electron chi connectivity index (χ3n) is 2.00. The van der Waals surface area contributed by atoms with Crippen molar-refractivity contribution in [3.63, 3.8) is 0 Å². The molecule has 1 aromatic rings. The molecular weight excluding hydrogens is 233 g/mol. The smallest absolute Gasteiger partial charge is 0.156 e. The second-order valence-corrected chi connectivity index (χ2v) is 4.27. The van der Waals surface area contributed by atoms with E-state index in [1.54, 1.807) is 12.1 Å². The summed E-state index contributed by atoms with van der Waals surface area (Å²) in [6, 6.07) is 3.51. The van der Waals surface area contributed by atoms with Gasteiger partial charge in [0.05, 0.1) is 16.7 Å². The van der Waals surface area contributed by atoms with Gasteiger partial charge in [-0.25, -0.2) is 0 Å². The SMILES string of the molecule is CCCOc1c(Cl)cc(C(C)N)cc1Cl. The number of halogens is 2. The van der Waals surface area contributed by atoms with E-state index in [2.05, 4.69) is 0 Å². The summed E-state index contributed by atoms with van der Waals surface area (Å²) in [4.78, 5) is 0. The maximum absolute atomic E-state index is 6.05. The van der Waals surface area contributed by atoms with Gasteiger partial charge in [0.15, 0.2) is 5.75 Å². The zero-order chi connectivity index (χ0) is 11.4. The van der Waals surface area contributed by atoms with Crippen LogP contribution in [0.2, 0.25) is 10.0 Å². The van der Waals surface area contributed by atoms with Gasteiger partial charge in [-0.3, -0.25) is 0 Å². The largest absolute Gasteiger partial charge is 0.490 e. The summed E-state index contributed by atoms with van der Waals surface area (Å²) in [6.45, 7) is 4.52. The summed E-state index contributed by atoms with van der Waals surface area (Å²) in [6.07, 6.45) is 0.918. The van der Waals surface area contributed by atoms with Gasteiger partial charge in [-0.1, -0.05) is 30.1 Å². The van der Waals surface area contributed by atoms with Crippen LogP contribution in [0.15, 0.2) is 12.1 Å². The van der Waals surface area contributed by atoms with Gasteiger partial charge >= 0.3 is 0 Å². The zero-order valence-electron chi connectivity index (χ0n) is 8.89. The molecule has 0 aromatic heterocycles. The van der Waals surface area contributed by atoms with Gasteiger partial charge in [0.25, 0.3) is 0 Å². The van der Waals surface area contributed by atoms with Crippen molar-refractivity contribution in [3.8, 4) is 5.75 Å². The molecule has 1 atom stereocenters. The Morgan fingerprint density at radius 1 is 1.33 bits per heavy atom. The van der Waals surface area contributed by atoms with Crippen LogP contribution in [0.3, 0.4) is 0 Å². The molecule has 2 N–H and O–H groups in total. The Balaban J connectivity index is 2.99. The highest BCUT2D eigenvalue weighted by Gasteiger charge is 2.11. The first-order chi connectivity index (χ1) is 7.06. The summed E-state index contributed by atoms with van der Waals surface area (Å²) in [5, 5.41) is 1.03. The lowest BCUT2D eigenvalue weighted by molar-refractivity contribution is 0.317. The van der Waals surface area contributed by atoms with E-state index in [1.165, 1.54) is 0 Å². The van der Waals surface area contributed by atoms with Crippen LogP contribution in [0.5, 0.6) is 5.75 Å². The van der Waals surface area contributed by atoms with Gasteiger partial charge < -0.3 is 10.5 Å². The van der Waals surface area contributed by atoms with E-state index in [-0.39, 0.29) is 6.04 Å². The number of hydrogen-bond acceptors (Lipinski definition) is 2. The number of ether oxygens (including phenoxy) is 1. The average molecular weight is 248 g/mol. The van der Waals surface area contributed by atoms with Crippen molar-refractivity contribution >= 4 is 23.2 Å². The molecule has 1 unspecified atom stereocenters. The molecule has 0 saturated carbocycles. The molecule has 0 saturated heterocycles. The first kappa shape index (κ1) is 12.6. The van der Waals surface area contributed by atoms with Crippen molar-refractivity contribution in [1.82, 2.24) is 0 Å². The molecule has 1 aromatic carbocycles. The lowest BCUT2D eigenvalue weighted by Crippen LogP contribution is -2.05. The molecule has 0 bridgehead atoms. The van der Waals surface area contributed by atoms with E-state index in [4.69, 9.17) is 33.7 Å². The summed E-state index contributed by atoms with van der Waals surface area (Å²) < 4.78 is 5.45. The third-order valence-corrected chi connectivity index (χ3v) is 2.56. The fraction of sp³-hybridized carbons (Fsp3) is 0.455. The van der Waals surface area contributed by atoms with Gasteiger partial charge in [0, 0.05) is 6.04 Å². The summed E-state index contributed by atoms with van der Waals surface area (Å²) in [5.74, 6) is 0.546. The Kier molecular flexibility index (Phi) is 4.71. The Labute approximate surface area is 100 Å². The minimum Gasteiger partial charge on any atom is -0.490 e. The predicted molar refractivity (Wildman–Crippen MR) is 64.9 cm³/mol. The van der Waals surface area contributed by atoms with Crippen molar-refractivity contribution in [1.29, 1.82) is 0 Å². The highest BCUT2D eigenvalue weighted by molar-refractivity contribution is 6.37. The van der Waals surface area contributed by atoms with Crippen LogP contribution >= 0.6 is 23.2 Å². The van der Waals surface area contributed by atoms with Crippen LogP contribution < -0.4 is 10.5 Å². The van der Waals surface area contributed by atoms with Crippen molar-refractivity contribution in [2.24, 2.45) is 5.73 Å². The highest BCUT2D eigenvalue weighted by atomic mass is 35.5. The number of benzene rings is 1. The fourth-order valence-electron chi connectivity index (χ4n) is 1.18. The van der Waals surface area contributed by atoms with E-state index in [1.807, 2.05) is 13.8 Å². The van der Waals surface area contributed by atoms with Gasteiger partial charge in [-0.15, -0.1) is 0 Å². The van der Waals surface area contributed by atoms with E-state index in [0.29, 0.717) is 22.4 Å². The normalized spacial score (nSPS) is 12.6. The fourth-order valence-corrected chi connectivity index (χ4v) is 1.80. The zero-order valence-corrected chi connectivity index (χ0v) is 10.4. The molecule has 1 rings (SSSR count). The van der Waals surface area contributed by atoms with Crippen LogP contribution in [0.1, 0.15) is 31.9 Å². The molecule has 2 nitrogen and oxygen atoms in total. The van der Waals surface area contributed by atoms with Gasteiger partial charge in [-0.05, 0) is 31.0 Å². The molecule has 0 aliphatic heterocycles. The Hall–Kier alpha value is -0.440. The second-order valence-electron chi connectivity index (χ2n) is 3.45. The molecule has 0 aliphatic carbocycles. The van der Waals surface area contributed by atoms with Gasteiger partial charge in [-0.2, -0.15) is 0 Å². The average Bonchev–Trinajstić information content (AvgIpc) is 2.16. The lowest BCUT2D eigenvalue weighted by atomic mass is 10.1. The van der Waals surface area contributed by atoms with Crippen molar-refractivity contribution in [2.45, 2.75) is 26.3 Å². The second kappa shape index (κ2) is 5.59. The van der Waals surface area contributed by atoms with Crippen LogP contribution in [0.25, 0.3) is 0 Å². The molecule has 0 fully saturated rings. The number of nitrogens with two attached hydrogens (primary N) is 1. The summed E-state index contributed by atoms with van der Waals surface area (Å²) in [7, 11) is 0. The first-order valence-corrected chi connectivity index (χ1v) is 5.69. The van der Waals surface area contributed by atoms with E-state index < -0.39 is 0 Å². The molecule has 0 radical (unpaired) electrons. The van der Waals surface area contributed by atoms with E-state index in [9.17, 15) is 0 Å². The number of rotatable bonds is 4. The molecule has 84 valence electrons. The molecule has 0 amide bonds. The van der Waals surface area contributed by atoms with E-state index in [0.717, 1.165) is 12.0 Å². The predicted octanol–water partition coefficient (Wildman–Crippen LogP) is 3.80. The van der Waals surface area contributed by atoms with Gasteiger partial charge in [0.1, 0.15) is 0 Å². The highest BCUT2D eigenvalue weighted by Crippen LogP contribution is 2.35. The monoisotopic (exact) mass is 247 g/mol. The molecule has 0 aliphatic rings. The van der Waals surface area contributed by atoms with Crippen LogP contribution in [0.4, 0.5) is 0 Å². The molecule has 4 heteroatoms. The minimum absolute atomic E-state index is 0.0831. The van der Waals surface area contributed by atoms with Crippen LogP contribution in [0, 0.1) is 0 Å². The molecular formula is C11H15Cl2NO. The van der Waals surface area contributed by atoms with Crippen molar-refractivity contribution in [2.75, 3.05) is 6.61 Å². The third kappa shape index (κ3) is 3.26.